The van der Waals surface area contributed by atoms with E-state index < -0.39 is 0 Å². The van der Waals surface area contributed by atoms with Crippen LogP contribution in [-0.4, -0.2) is 24.3 Å². The summed E-state index contributed by atoms with van der Waals surface area (Å²) in [6.45, 7) is 0. The molecule has 4 nitrogen and oxygen atoms in total. The van der Waals surface area contributed by atoms with Crippen LogP contribution in [0.2, 0.25) is 0 Å². The van der Waals surface area contributed by atoms with Crippen molar-refractivity contribution in [3.05, 3.63) is 101 Å². The highest BCUT2D eigenvalue weighted by Gasteiger charge is 2.21. The second kappa shape index (κ2) is 6.91. The Labute approximate surface area is 168 Å². The number of nitrogens with zero attached hydrogens (tertiary/aromatic N) is 1. The van der Waals surface area contributed by atoms with Crippen LogP contribution in [0.4, 0.5) is 5.69 Å². The van der Waals surface area contributed by atoms with E-state index in [0.717, 1.165) is 44.4 Å². The van der Waals surface area contributed by atoms with Gasteiger partial charge in [-0.15, -0.1) is 0 Å². The Morgan fingerprint density at radius 2 is 1.62 bits per heavy atom. The first-order chi connectivity index (χ1) is 14.3. The number of allylic oxidation sites excluding steroid dienone is 1. The monoisotopic (exact) mass is 378 g/mol. The molecule has 5 rings (SSSR count). The van der Waals surface area contributed by atoms with Gasteiger partial charge in [-0.25, -0.2) is 4.79 Å². The molecule has 0 saturated heterocycles. The van der Waals surface area contributed by atoms with Crippen molar-refractivity contribution in [2.45, 2.75) is 0 Å². The van der Waals surface area contributed by atoms with Crippen LogP contribution in [0.3, 0.4) is 0 Å². The molecule has 3 aromatic carbocycles. The maximum absolute atomic E-state index is 11.9. The number of aromatic nitrogens is 1. The number of fused-ring (bicyclic) bond motifs is 2. The molecule has 0 bridgehead atoms. The van der Waals surface area contributed by atoms with E-state index in [2.05, 4.69) is 28.2 Å². The van der Waals surface area contributed by atoms with Gasteiger partial charge in [0.05, 0.1) is 18.4 Å². The normalized spacial score (nSPS) is 14.1. The summed E-state index contributed by atoms with van der Waals surface area (Å²) in [7, 11) is 1.39. The molecule has 0 radical (unpaired) electrons. The van der Waals surface area contributed by atoms with Gasteiger partial charge < -0.3 is 9.72 Å². The average Bonchev–Trinajstić information content (AvgIpc) is 3.39. The zero-order valence-electron chi connectivity index (χ0n) is 15.8. The lowest BCUT2D eigenvalue weighted by atomic mass is 9.90. The number of aromatic amines is 1. The summed E-state index contributed by atoms with van der Waals surface area (Å²) in [5.41, 5.74) is 7.93. The van der Waals surface area contributed by atoms with Crippen molar-refractivity contribution in [1.82, 2.24) is 4.98 Å². The number of methoxy groups -OCH3 is 1. The molecule has 0 amide bonds. The van der Waals surface area contributed by atoms with E-state index in [1.807, 2.05) is 54.9 Å². The quantitative estimate of drug-likeness (QED) is 0.470. The number of hydrogen-bond donors (Lipinski definition) is 1. The first-order valence-electron chi connectivity index (χ1n) is 9.39. The number of carbonyl (C=O) groups is 1. The van der Waals surface area contributed by atoms with Gasteiger partial charge in [-0.1, -0.05) is 48.5 Å². The highest BCUT2D eigenvalue weighted by atomic mass is 16.5. The first kappa shape index (κ1) is 17.2. The molecule has 1 aliphatic rings. The van der Waals surface area contributed by atoms with Crippen LogP contribution < -0.4 is 0 Å². The van der Waals surface area contributed by atoms with Crippen molar-refractivity contribution in [2.75, 3.05) is 7.11 Å². The van der Waals surface area contributed by atoms with Crippen molar-refractivity contribution in [3.8, 4) is 0 Å². The Balaban J connectivity index is 1.77. The predicted octanol–water partition coefficient (Wildman–Crippen LogP) is 5.63. The number of nitrogens with one attached hydrogen (secondary N) is 1. The van der Waals surface area contributed by atoms with Crippen LogP contribution in [0.15, 0.2) is 84.0 Å². The number of ether oxygens (including phenoxy) is 1. The van der Waals surface area contributed by atoms with Crippen LogP contribution in [0.25, 0.3) is 22.0 Å². The van der Waals surface area contributed by atoms with Crippen molar-refractivity contribution in [2.24, 2.45) is 4.99 Å². The number of H-pyrrole nitrogens is 1. The lowest BCUT2D eigenvalue weighted by Gasteiger charge is -2.12. The first-order valence-corrected chi connectivity index (χ1v) is 9.39. The van der Waals surface area contributed by atoms with Gasteiger partial charge in [0.15, 0.2) is 0 Å². The van der Waals surface area contributed by atoms with Gasteiger partial charge in [-0.05, 0) is 29.8 Å². The lowest BCUT2D eigenvalue weighted by molar-refractivity contribution is 0.0600. The maximum Gasteiger partial charge on any atom is 0.337 e. The Hall–Kier alpha value is -3.92. The molecule has 1 aliphatic heterocycles. The van der Waals surface area contributed by atoms with E-state index in [1.165, 1.54) is 7.11 Å². The third-order valence-corrected chi connectivity index (χ3v) is 5.25. The molecular weight excluding hydrogens is 360 g/mol. The second-order valence-electron chi connectivity index (χ2n) is 6.88. The molecular formula is C25H18N2O2. The molecule has 4 aromatic rings. The summed E-state index contributed by atoms with van der Waals surface area (Å²) in [6.07, 6.45) is 3.96. The summed E-state index contributed by atoms with van der Waals surface area (Å²) in [5.74, 6) is -0.342. The molecule has 140 valence electrons. The standard InChI is InChI=1S/C25H18N2O2/c1-29-25(28)17-12-10-16(11-13-17)24(20-14-26-22-8-4-2-6-18(20)22)21-15-27-23-9-5-3-7-19(21)23/h2-15,26H,1H3/b24-21+. The van der Waals surface area contributed by atoms with Gasteiger partial charge in [0.25, 0.3) is 0 Å². The molecule has 29 heavy (non-hydrogen) atoms. The van der Waals surface area contributed by atoms with Crippen LogP contribution >= 0.6 is 0 Å². The van der Waals surface area contributed by atoms with E-state index in [4.69, 9.17) is 4.74 Å². The van der Waals surface area contributed by atoms with Crippen LogP contribution in [0.5, 0.6) is 0 Å². The van der Waals surface area contributed by atoms with Gasteiger partial charge >= 0.3 is 5.97 Å². The minimum absolute atomic E-state index is 0.342. The Kier molecular flexibility index (Phi) is 4.10. The van der Waals surface area contributed by atoms with Gasteiger partial charge in [0, 0.05) is 45.6 Å². The predicted molar refractivity (Wildman–Crippen MR) is 117 cm³/mol. The molecule has 0 aliphatic carbocycles. The molecule has 0 spiro atoms. The van der Waals surface area contributed by atoms with E-state index in [-0.39, 0.29) is 5.97 Å². The fourth-order valence-corrected chi connectivity index (χ4v) is 3.84. The molecule has 0 saturated carbocycles. The third kappa shape index (κ3) is 2.86. The molecule has 4 heteroatoms. The smallest absolute Gasteiger partial charge is 0.337 e. The van der Waals surface area contributed by atoms with Crippen molar-refractivity contribution >= 4 is 39.9 Å². The minimum atomic E-state index is -0.342. The second-order valence-corrected chi connectivity index (χ2v) is 6.88. The summed E-state index contributed by atoms with van der Waals surface area (Å²) in [5, 5.41) is 1.14. The fraction of sp³-hybridized carbons (Fsp3) is 0.0400. The van der Waals surface area contributed by atoms with Crippen molar-refractivity contribution in [3.63, 3.8) is 0 Å². The fourth-order valence-electron chi connectivity index (χ4n) is 3.84. The summed E-state index contributed by atoms with van der Waals surface area (Å²) in [6, 6.07) is 23.9. The van der Waals surface area contributed by atoms with Gasteiger partial charge in [-0.3, -0.25) is 4.99 Å². The molecule has 1 N–H and O–H groups in total. The van der Waals surface area contributed by atoms with Crippen molar-refractivity contribution in [1.29, 1.82) is 0 Å². The molecule has 0 atom stereocenters. The Bertz CT molecular complexity index is 1290. The molecule has 2 heterocycles. The zero-order chi connectivity index (χ0) is 19.8. The SMILES string of the molecule is COC(=O)c1ccc(/C(=C2/C=Nc3ccccc32)c2c[nH]c3ccccc23)cc1. The number of hydrogen-bond acceptors (Lipinski definition) is 3. The van der Waals surface area contributed by atoms with E-state index in [1.54, 1.807) is 12.1 Å². The Morgan fingerprint density at radius 3 is 2.45 bits per heavy atom. The number of aliphatic imine (C=N–C) groups is 1. The number of rotatable bonds is 3. The highest BCUT2D eigenvalue weighted by molar-refractivity contribution is 6.27. The third-order valence-electron chi connectivity index (χ3n) is 5.25. The van der Waals surface area contributed by atoms with Gasteiger partial charge in [0.2, 0.25) is 0 Å². The number of carbonyl (C=O) groups excluding carboxylic acids is 1. The molecule has 0 fully saturated rings. The van der Waals surface area contributed by atoms with E-state index >= 15 is 0 Å². The van der Waals surface area contributed by atoms with Crippen LogP contribution in [0.1, 0.15) is 27.0 Å². The molecule has 0 unspecified atom stereocenters. The van der Waals surface area contributed by atoms with Crippen LogP contribution in [0, 0.1) is 0 Å². The van der Waals surface area contributed by atoms with Gasteiger partial charge in [-0.2, -0.15) is 0 Å². The summed E-state index contributed by atoms with van der Waals surface area (Å²) >= 11 is 0. The van der Waals surface area contributed by atoms with Gasteiger partial charge in [0.1, 0.15) is 0 Å². The van der Waals surface area contributed by atoms with E-state index in [9.17, 15) is 4.79 Å². The van der Waals surface area contributed by atoms with E-state index in [0.29, 0.717) is 5.56 Å². The van der Waals surface area contributed by atoms with Crippen LogP contribution in [-0.2, 0) is 4.74 Å². The molecule has 1 aromatic heterocycles. The zero-order valence-corrected chi connectivity index (χ0v) is 15.8. The number of para-hydroxylation sites is 2. The topological polar surface area (TPSA) is 54.4 Å². The summed E-state index contributed by atoms with van der Waals surface area (Å²) in [4.78, 5) is 19.8. The Morgan fingerprint density at radius 1 is 0.897 bits per heavy atom. The lowest BCUT2D eigenvalue weighted by Crippen LogP contribution is -2.01. The summed E-state index contributed by atoms with van der Waals surface area (Å²) < 4.78 is 4.84. The number of esters is 1. The highest BCUT2D eigenvalue weighted by Crippen LogP contribution is 2.40. The minimum Gasteiger partial charge on any atom is -0.465 e. The number of benzene rings is 3. The average molecular weight is 378 g/mol. The van der Waals surface area contributed by atoms with Crippen molar-refractivity contribution < 1.29 is 9.53 Å². The maximum atomic E-state index is 11.9. The largest absolute Gasteiger partial charge is 0.465 e.